The van der Waals surface area contributed by atoms with Crippen LogP contribution < -0.4 is 11.2 Å². The van der Waals surface area contributed by atoms with E-state index in [1.807, 2.05) is 0 Å². The first kappa shape index (κ1) is 16.1. The molecule has 0 bridgehead atoms. The van der Waals surface area contributed by atoms with Crippen LogP contribution in [0, 0.1) is 0 Å². The van der Waals surface area contributed by atoms with Crippen LogP contribution in [0.3, 0.4) is 0 Å². The number of halogens is 1. The van der Waals surface area contributed by atoms with Crippen molar-refractivity contribution >= 4 is 22.0 Å². The minimum absolute atomic E-state index is 0.161. The lowest BCUT2D eigenvalue weighted by molar-refractivity contribution is -0.117. The van der Waals surface area contributed by atoms with Gasteiger partial charge in [-0.1, -0.05) is 15.9 Å². The minimum atomic E-state index is -1.42. The molecule has 0 aliphatic carbocycles. The van der Waals surface area contributed by atoms with Gasteiger partial charge in [-0.25, -0.2) is 4.79 Å². The van der Waals surface area contributed by atoms with Crippen LogP contribution in [-0.4, -0.2) is 49.3 Å². The summed E-state index contributed by atoms with van der Waals surface area (Å²) >= 11 is 3.02. The Hall–Kier alpha value is -1.26. The van der Waals surface area contributed by atoms with Crippen LogP contribution in [0.2, 0.25) is 0 Å². The van der Waals surface area contributed by atoms with Gasteiger partial charge in [-0.3, -0.25) is 14.3 Å². The summed E-state index contributed by atoms with van der Waals surface area (Å²) in [7, 11) is 0. The molecule has 0 amide bonds. The van der Waals surface area contributed by atoms with E-state index < -0.39 is 41.9 Å². The number of nitrogens with zero attached hydrogens (tertiary/aromatic N) is 1. The van der Waals surface area contributed by atoms with Crippen LogP contribution in [-0.2, 0) is 4.74 Å². The van der Waals surface area contributed by atoms with E-state index in [0.29, 0.717) is 0 Å². The number of hydrogen-bond acceptors (Lipinski definition) is 6. The molecule has 1 aromatic rings. The number of nitrogens with one attached hydrogen (secondary N) is 1. The van der Waals surface area contributed by atoms with E-state index >= 15 is 0 Å². The molecule has 1 fully saturated rings. The fourth-order valence-electron chi connectivity index (χ4n) is 2.16. The molecule has 1 aromatic heterocycles. The number of ether oxygens (including phenoxy) is 1. The Morgan fingerprint density at radius 1 is 1.52 bits per heavy atom. The molecule has 1 unspecified atom stereocenters. The first-order valence-corrected chi connectivity index (χ1v) is 7.02. The smallest absolute Gasteiger partial charge is 0.330 e. The van der Waals surface area contributed by atoms with E-state index in [1.54, 1.807) is 0 Å². The third kappa shape index (κ3) is 2.74. The second-order valence-corrected chi connectivity index (χ2v) is 5.49. The van der Waals surface area contributed by atoms with E-state index in [4.69, 9.17) is 4.74 Å². The summed E-state index contributed by atoms with van der Waals surface area (Å²) in [6.07, 6.45) is -1.39. The number of aliphatic hydroxyl groups is 3. The molecule has 1 saturated heterocycles. The van der Waals surface area contributed by atoms with Gasteiger partial charge in [-0.15, -0.1) is 0 Å². The van der Waals surface area contributed by atoms with Crippen molar-refractivity contribution in [1.29, 1.82) is 0 Å². The Labute approximate surface area is 127 Å². The number of aromatic nitrogens is 2. The molecular formula is C12H15BrN2O6. The Balaban J connectivity index is 2.50. The number of H-pyrrole nitrogens is 1. The van der Waals surface area contributed by atoms with Gasteiger partial charge in [0.15, 0.2) is 6.23 Å². The third-order valence-corrected chi connectivity index (χ3v) is 3.72. The Morgan fingerprint density at radius 2 is 2.19 bits per heavy atom. The fourth-order valence-corrected chi connectivity index (χ4v) is 2.45. The van der Waals surface area contributed by atoms with Crippen molar-refractivity contribution in [3.05, 3.63) is 37.6 Å². The fraction of sp³-hybridized carbons (Fsp3) is 0.500. The summed E-state index contributed by atoms with van der Waals surface area (Å²) in [5.74, 6) is 0. The normalized spacial score (nSPS) is 32.9. The zero-order valence-electron chi connectivity index (χ0n) is 11.1. The highest BCUT2D eigenvalue weighted by atomic mass is 79.9. The highest BCUT2D eigenvalue weighted by Crippen LogP contribution is 2.35. The van der Waals surface area contributed by atoms with Crippen LogP contribution in [0.5, 0.6) is 0 Å². The molecule has 21 heavy (non-hydrogen) atoms. The molecule has 116 valence electrons. The van der Waals surface area contributed by atoms with Gasteiger partial charge in [-0.05, 0) is 18.0 Å². The van der Waals surface area contributed by atoms with Crippen molar-refractivity contribution in [3.63, 3.8) is 0 Å². The zero-order chi connectivity index (χ0) is 15.8. The van der Waals surface area contributed by atoms with E-state index in [2.05, 4.69) is 20.9 Å². The van der Waals surface area contributed by atoms with Gasteiger partial charge in [0.05, 0.1) is 12.2 Å². The van der Waals surface area contributed by atoms with Crippen LogP contribution in [0.15, 0.2) is 20.8 Å². The predicted molar refractivity (Wildman–Crippen MR) is 76.9 cm³/mol. The highest BCUT2D eigenvalue weighted by molar-refractivity contribution is 9.11. The quantitative estimate of drug-likeness (QED) is 0.541. The Morgan fingerprint density at radius 3 is 2.71 bits per heavy atom. The maximum Gasteiger partial charge on any atom is 0.330 e. The lowest BCUT2D eigenvalue weighted by Crippen LogP contribution is -2.43. The molecule has 4 N–H and O–H groups in total. The first-order valence-electron chi connectivity index (χ1n) is 6.11. The standard InChI is InChI=1S/C12H15BrN2O6/c1-12(5-16)8(18)7(17)10(21-12)15-4-6(2-3-13)9(19)14-11(15)20/h2-4,7-8,10,16-18H,5H2,1H3,(H,14,19,20)/b3-2+/t7-,8+,10?,12-/m1/s1. The summed E-state index contributed by atoms with van der Waals surface area (Å²) in [6.45, 7) is 0.880. The molecule has 2 heterocycles. The van der Waals surface area contributed by atoms with Gasteiger partial charge in [0, 0.05) is 6.20 Å². The number of aromatic amines is 1. The summed E-state index contributed by atoms with van der Waals surface area (Å²) in [5.41, 5.74) is -2.62. The van der Waals surface area contributed by atoms with E-state index in [9.17, 15) is 24.9 Å². The van der Waals surface area contributed by atoms with E-state index in [1.165, 1.54) is 24.2 Å². The lowest BCUT2D eigenvalue weighted by Gasteiger charge is -2.24. The van der Waals surface area contributed by atoms with E-state index in [0.717, 1.165) is 4.57 Å². The molecule has 0 spiro atoms. The molecule has 0 radical (unpaired) electrons. The largest absolute Gasteiger partial charge is 0.393 e. The van der Waals surface area contributed by atoms with Crippen molar-refractivity contribution in [3.8, 4) is 0 Å². The molecule has 2 rings (SSSR count). The maximum atomic E-state index is 11.9. The zero-order valence-corrected chi connectivity index (χ0v) is 12.6. The maximum absolute atomic E-state index is 11.9. The number of rotatable bonds is 3. The molecule has 0 saturated carbocycles. The van der Waals surface area contributed by atoms with Crippen LogP contribution in [0.1, 0.15) is 18.7 Å². The van der Waals surface area contributed by atoms with E-state index in [-0.39, 0.29) is 5.56 Å². The second kappa shape index (κ2) is 5.85. The average Bonchev–Trinajstić information content (AvgIpc) is 2.67. The lowest BCUT2D eigenvalue weighted by atomic mass is 9.99. The van der Waals surface area contributed by atoms with Gasteiger partial charge in [0.1, 0.15) is 17.8 Å². The van der Waals surface area contributed by atoms with Crippen molar-refractivity contribution in [2.75, 3.05) is 6.61 Å². The van der Waals surface area contributed by atoms with Gasteiger partial charge in [-0.2, -0.15) is 0 Å². The van der Waals surface area contributed by atoms with Gasteiger partial charge < -0.3 is 20.1 Å². The SMILES string of the molecule is C[C@]1(CO)OC(n2cc(/C=C/Br)c(=O)[nH]c2=O)[C@H](O)[C@@H]1O. The number of aliphatic hydroxyl groups excluding tert-OH is 3. The summed E-state index contributed by atoms with van der Waals surface area (Å²) < 4.78 is 6.39. The van der Waals surface area contributed by atoms with Crippen molar-refractivity contribution < 1.29 is 20.1 Å². The monoisotopic (exact) mass is 362 g/mol. The van der Waals surface area contributed by atoms with Gasteiger partial charge >= 0.3 is 5.69 Å². The summed E-state index contributed by atoms with van der Waals surface area (Å²) in [6, 6.07) is 0. The third-order valence-electron chi connectivity index (χ3n) is 3.46. The van der Waals surface area contributed by atoms with Gasteiger partial charge in [0.25, 0.3) is 5.56 Å². The Bertz CT molecular complexity index is 668. The van der Waals surface area contributed by atoms with Crippen LogP contribution in [0.25, 0.3) is 6.08 Å². The summed E-state index contributed by atoms with van der Waals surface area (Å²) in [5, 5.41) is 29.2. The van der Waals surface area contributed by atoms with Crippen LogP contribution in [0.4, 0.5) is 0 Å². The topological polar surface area (TPSA) is 125 Å². The molecule has 9 heteroatoms. The van der Waals surface area contributed by atoms with Gasteiger partial charge in [0.2, 0.25) is 0 Å². The molecule has 1 aliphatic rings. The minimum Gasteiger partial charge on any atom is -0.393 e. The second-order valence-electron chi connectivity index (χ2n) is 4.96. The number of hydrogen-bond donors (Lipinski definition) is 4. The average molecular weight is 363 g/mol. The molecule has 8 nitrogen and oxygen atoms in total. The van der Waals surface area contributed by atoms with Crippen LogP contribution >= 0.6 is 15.9 Å². The molecule has 0 aromatic carbocycles. The van der Waals surface area contributed by atoms with Crippen molar-refractivity contribution in [2.45, 2.75) is 31.0 Å². The van der Waals surface area contributed by atoms with Crippen molar-refractivity contribution in [2.24, 2.45) is 0 Å². The Kier molecular flexibility index (Phi) is 4.49. The molecular weight excluding hydrogens is 348 g/mol. The molecule has 4 atom stereocenters. The van der Waals surface area contributed by atoms with Crippen molar-refractivity contribution in [1.82, 2.24) is 9.55 Å². The highest BCUT2D eigenvalue weighted by Gasteiger charge is 2.51. The first-order chi connectivity index (χ1) is 9.84. The summed E-state index contributed by atoms with van der Waals surface area (Å²) in [4.78, 5) is 27.0. The predicted octanol–water partition coefficient (Wildman–Crippen LogP) is -1.10. The molecule has 1 aliphatic heterocycles.